The molecule has 1 aromatic rings. The quantitative estimate of drug-likeness (QED) is 0.575. The summed E-state index contributed by atoms with van der Waals surface area (Å²) in [6.07, 6.45) is 7.55. The van der Waals surface area contributed by atoms with Gasteiger partial charge >= 0.3 is 0 Å². The van der Waals surface area contributed by atoms with E-state index in [1.165, 1.54) is 6.08 Å². The van der Waals surface area contributed by atoms with Crippen molar-refractivity contribution in [2.24, 2.45) is 9.98 Å². The van der Waals surface area contributed by atoms with E-state index in [0.717, 1.165) is 11.1 Å². The molecule has 2 rings (SSSR count). The molecule has 1 aliphatic rings. The smallest absolute Gasteiger partial charge is 0.211 e. The Morgan fingerprint density at radius 3 is 2.82 bits per heavy atom. The van der Waals surface area contributed by atoms with Crippen molar-refractivity contribution in [1.29, 1.82) is 0 Å². The molecule has 1 aromatic carbocycles. The Hall–Kier alpha value is -2.28. The van der Waals surface area contributed by atoms with Crippen molar-refractivity contribution in [3.8, 4) is 0 Å². The first-order valence-electron chi connectivity index (χ1n) is 5.18. The molecule has 1 aliphatic carbocycles. The van der Waals surface area contributed by atoms with E-state index in [1.54, 1.807) is 18.2 Å². The summed E-state index contributed by atoms with van der Waals surface area (Å²) in [5.41, 5.74) is 1.60. The number of isocyanates is 2. The van der Waals surface area contributed by atoms with Gasteiger partial charge in [0, 0.05) is 5.56 Å². The fraction of sp³-hybridized carbons (Fsp3) is 0.231. The van der Waals surface area contributed by atoms with E-state index in [9.17, 15) is 9.59 Å². The lowest BCUT2D eigenvalue weighted by atomic mass is 9.81. The predicted molar refractivity (Wildman–Crippen MR) is 63.3 cm³/mol. The van der Waals surface area contributed by atoms with Crippen molar-refractivity contribution in [2.45, 2.75) is 18.9 Å². The fourth-order valence-corrected chi connectivity index (χ4v) is 2.07. The topological polar surface area (TPSA) is 58.9 Å². The predicted octanol–water partition coefficient (Wildman–Crippen LogP) is 2.62. The van der Waals surface area contributed by atoms with Crippen LogP contribution < -0.4 is 0 Å². The number of hydrogen-bond donors (Lipinski definition) is 0. The third-order valence-corrected chi connectivity index (χ3v) is 2.92. The number of carbonyl (C=O) groups excluding carboxylic acids is 2. The van der Waals surface area contributed by atoms with E-state index < -0.39 is 5.54 Å². The first-order valence-corrected chi connectivity index (χ1v) is 5.18. The number of aliphatic imine (C=N–C) groups is 2. The van der Waals surface area contributed by atoms with E-state index in [4.69, 9.17) is 0 Å². The molecule has 0 aliphatic heterocycles. The second kappa shape index (κ2) is 4.30. The molecule has 0 radical (unpaired) electrons. The van der Waals surface area contributed by atoms with Crippen LogP contribution in [0.4, 0.5) is 5.69 Å². The first kappa shape index (κ1) is 11.2. The minimum Gasteiger partial charge on any atom is -0.211 e. The van der Waals surface area contributed by atoms with E-state index >= 15 is 0 Å². The van der Waals surface area contributed by atoms with Crippen molar-refractivity contribution >= 4 is 23.9 Å². The van der Waals surface area contributed by atoms with Gasteiger partial charge in [0.15, 0.2) is 0 Å². The van der Waals surface area contributed by atoms with Gasteiger partial charge in [0.1, 0.15) is 0 Å². The maximum atomic E-state index is 10.5. The molecule has 0 saturated heterocycles. The third-order valence-electron chi connectivity index (χ3n) is 2.92. The first-order chi connectivity index (χ1) is 8.21. The summed E-state index contributed by atoms with van der Waals surface area (Å²) in [6, 6.07) is 5.39. The Labute approximate surface area is 98.4 Å². The van der Waals surface area contributed by atoms with E-state index in [2.05, 4.69) is 9.98 Å². The molecule has 0 amide bonds. The van der Waals surface area contributed by atoms with E-state index in [-0.39, 0.29) is 0 Å². The molecule has 0 spiro atoms. The van der Waals surface area contributed by atoms with Crippen LogP contribution in [0.1, 0.15) is 24.5 Å². The summed E-state index contributed by atoms with van der Waals surface area (Å²) in [6.45, 7) is 1.86. The van der Waals surface area contributed by atoms with Crippen molar-refractivity contribution in [3.63, 3.8) is 0 Å². The monoisotopic (exact) mass is 226 g/mol. The molecule has 84 valence electrons. The van der Waals surface area contributed by atoms with Crippen molar-refractivity contribution < 1.29 is 9.59 Å². The lowest BCUT2D eigenvalue weighted by molar-refractivity contribution is 0.486. The van der Waals surface area contributed by atoms with E-state index in [0.29, 0.717) is 12.1 Å². The van der Waals surface area contributed by atoms with Gasteiger partial charge in [0.2, 0.25) is 12.2 Å². The molecule has 0 fully saturated rings. The Morgan fingerprint density at radius 2 is 2.12 bits per heavy atom. The average Bonchev–Trinajstić information content (AvgIpc) is 2.31. The highest BCUT2D eigenvalue weighted by atomic mass is 16.1. The minimum atomic E-state index is -0.625. The Balaban J connectivity index is 2.69. The summed E-state index contributed by atoms with van der Waals surface area (Å²) in [7, 11) is 0. The number of fused-ring (bicyclic) bond motifs is 1. The van der Waals surface area contributed by atoms with Crippen LogP contribution in [0.25, 0.3) is 6.08 Å². The SMILES string of the molecule is CC1(N=C=O)CC=Cc2c(N=C=O)cccc21. The number of rotatable bonds is 2. The number of benzene rings is 1. The molecule has 4 heteroatoms. The highest BCUT2D eigenvalue weighted by molar-refractivity contribution is 5.72. The molecule has 0 N–H and O–H groups in total. The molecular formula is C13H10N2O2. The standard InChI is InChI=1S/C13H10N2O2/c1-13(15-9-17)7-3-4-10-11(13)5-2-6-12(10)14-8-16/h2-6H,7H2,1H3. The lowest BCUT2D eigenvalue weighted by Crippen LogP contribution is -2.21. The van der Waals surface area contributed by atoms with Crippen LogP contribution >= 0.6 is 0 Å². The molecule has 1 atom stereocenters. The summed E-state index contributed by atoms with van der Waals surface area (Å²) in [4.78, 5) is 28.4. The zero-order valence-corrected chi connectivity index (χ0v) is 9.30. The maximum Gasteiger partial charge on any atom is 0.240 e. The van der Waals surface area contributed by atoms with Gasteiger partial charge in [-0.15, -0.1) is 0 Å². The highest BCUT2D eigenvalue weighted by Crippen LogP contribution is 2.39. The fourth-order valence-electron chi connectivity index (χ4n) is 2.07. The van der Waals surface area contributed by atoms with Crippen LogP contribution in [0, 0.1) is 0 Å². The van der Waals surface area contributed by atoms with Crippen molar-refractivity contribution in [2.75, 3.05) is 0 Å². The largest absolute Gasteiger partial charge is 0.240 e. The summed E-state index contributed by atoms with van der Waals surface area (Å²) in [5, 5.41) is 0. The summed E-state index contributed by atoms with van der Waals surface area (Å²) < 4.78 is 0. The molecule has 0 aromatic heterocycles. The molecule has 4 nitrogen and oxygen atoms in total. The van der Waals surface area contributed by atoms with Gasteiger partial charge in [-0.05, 0) is 25.0 Å². The molecule has 17 heavy (non-hydrogen) atoms. The van der Waals surface area contributed by atoms with Crippen LogP contribution in [-0.2, 0) is 15.1 Å². The molecule has 0 bridgehead atoms. The van der Waals surface area contributed by atoms with Crippen molar-refractivity contribution in [3.05, 3.63) is 35.4 Å². The molecule has 0 saturated carbocycles. The summed E-state index contributed by atoms with van der Waals surface area (Å²) in [5.74, 6) is 0. The van der Waals surface area contributed by atoms with Gasteiger partial charge in [0.25, 0.3) is 0 Å². The zero-order valence-electron chi connectivity index (χ0n) is 9.30. The Morgan fingerprint density at radius 1 is 1.29 bits per heavy atom. The van der Waals surface area contributed by atoms with Crippen molar-refractivity contribution in [1.82, 2.24) is 0 Å². The number of hydrogen-bond acceptors (Lipinski definition) is 4. The number of nitrogens with zero attached hydrogens (tertiary/aromatic N) is 2. The Kier molecular flexibility index (Phi) is 2.84. The van der Waals surface area contributed by atoms with Gasteiger partial charge in [0.05, 0.1) is 11.2 Å². The second-order valence-corrected chi connectivity index (χ2v) is 4.02. The third kappa shape index (κ3) is 1.87. The zero-order chi connectivity index (χ0) is 12.3. The van der Waals surface area contributed by atoms with Crippen LogP contribution in [0.15, 0.2) is 34.3 Å². The van der Waals surface area contributed by atoms with Crippen LogP contribution in [0.2, 0.25) is 0 Å². The maximum absolute atomic E-state index is 10.5. The highest BCUT2D eigenvalue weighted by Gasteiger charge is 2.30. The summed E-state index contributed by atoms with van der Waals surface area (Å²) >= 11 is 0. The molecule has 1 unspecified atom stereocenters. The van der Waals surface area contributed by atoms with Gasteiger partial charge in [-0.1, -0.05) is 24.3 Å². The second-order valence-electron chi connectivity index (χ2n) is 4.02. The van der Waals surface area contributed by atoms with E-state index in [1.807, 2.05) is 25.1 Å². The normalized spacial score (nSPS) is 21.0. The lowest BCUT2D eigenvalue weighted by Gasteiger charge is -2.28. The van der Waals surface area contributed by atoms with Gasteiger partial charge < -0.3 is 0 Å². The minimum absolute atomic E-state index is 0.542. The van der Waals surface area contributed by atoms with Gasteiger partial charge in [-0.3, -0.25) is 0 Å². The van der Waals surface area contributed by atoms with Gasteiger partial charge in [-0.25, -0.2) is 9.59 Å². The van der Waals surface area contributed by atoms with Crippen LogP contribution in [0.3, 0.4) is 0 Å². The Bertz CT molecular complexity index is 579. The molecule has 0 heterocycles. The van der Waals surface area contributed by atoms with Crippen LogP contribution in [-0.4, -0.2) is 12.2 Å². The average molecular weight is 226 g/mol. The van der Waals surface area contributed by atoms with Crippen LogP contribution in [0.5, 0.6) is 0 Å². The van der Waals surface area contributed by atoms with Gasteiger partial charge in [-0.2, -0.15) is 9.98 Å². The molecular weight excluding hydrogens is 216 g/mol.